The van der Waals surface area contributed by atoms with Crippen molar-refractivity contribution >= 4 is 11.4 Å². The standard InChI is InChI=1S/C14H20N4O2/c1-14(2,3)11(19-4)12-17-13(20-18-12)8-5-9(15)7-10(16)6-8/h5-7,11H,15-16H2,1-4H3. The molecule has 6 heteroatoms. The molecule has 1 heterocycles. The smallest absolute Gasteiger partial charge is 0.258 e. The van der Waals surface area contributed by atoms with Crippen molar-refractivity contribution in [3.8, 4) is 11.5 Å². The lowest BCUT2D eigenvalue weighted by Crippen LogP contribution is -2.21. The molecule has 0 radical (unpaired) electrons. The van der Waals surface area contributed by atoms with Crippen LogP contribution in [-0.4, -0.2) is 17.3 Å². The molecule has 20 heavy (non-hydrogen) atoms. The minimum absolute atomic E-state index is 0.134. The highest BCUT2D eigenvalue weighted by Gasteiger charge is 2.30. The molecule has 1 aromatic heterocycles. The summed E-state index contributed by atoms with van der Waals surface area (Å²) in [6, 6.07) is 5.16. The van der Waals surface area contributed by atoms with Crippen LogP contribution in [0.2, 0.25) is 0 Å². The van der Waals surface area contributed by atoms with Gasteiger partial charge in [-0.1, -0.05) is 25.9 Å². The van der Waals surface area contributed by atoms with Crippen molar-refractivity contribution in [3.63, 3.8) is 0 Å². The topological polar surface area (TPSA) is 100 Å². The first-order valence-corrected chi connectivity index (χ1v) is 6.34. The Morgan fingerprint density at radius 1 is 1.15 bits per heavy atom. The van der Waals surface area contributed by atoms with E-state index in [1.165, 1.54) is 0 Å². The van der Waals surface area contributed by atoms with E-state index in [-0.39, 0.29) is 11.5 Å². The van der Waals surface area contributed by atoms with E-state index >= 15 is 0 Å². The summed E-state index contributed by atoms with van der Waals surface area (Å²) in [6.07, 6.45) is -0.251. The van der Waals surface area contributed by atoms with E-state index in [1.54, 1.807) is 25.3 Å². The minimum Gasteiger partial charge on any atom is -0.399 e. The van der Waals surface area contributed by atoms with Crippen molar-refractivity contribution in [2.45, 2.75) is 26.9 Å². The maximum atomic E-state index is 5.76. The molecular formula is C14H20N4O2. The molecule has 4 N–H and O–H groups in total. The van der Waals surface area contributed by atoms with Crippen LogP contribution in [0.1, 0.15) is 32.7 Å². The normalized spacial score (nSPS) is 13.4. The number of hydrogen-bond donors (Lipinski definition) is 2. The van der Waals surface area contributed by atoms with Gasteiger partial charge in [-0.2, -0.15) is 4.98 Å². The molecule has 0 saturated heterocycles. The van der Waals surface area contributed by atoms with Gasteiger partial charge in [0, 0.05) is 24.0 Å². The van der Waals surface area contributed by atoms with Crippen molar-refractivity contribution in [2.75, 3.05) is 18.6 Å². The van der Waals surface area contributed by atoms with Gasteiger partial charge < -0.3 is 20.7 Å². The molecule has 6 nitrogen and oxygen atoms in total. The maximum absolute atomic E-state index is 5.76. The number of aromatic nitrogens is 2. The molecule has 0 saturated carbocycles. The summed E-state index contributed by atoms with van der Waals surface area (Å²) in [6.45, 7) is 6.15. The summed E-state index contributed by atoms with van der Waals surface area (Å²) < 4.78 is 10.7. The largest absolute Gasteiger partial charge is 0.399 e. The number of nitrogens with two attached hydrogens (primary N) is 2. The van der Waals surface area contributed by atoms with Gasteiger partial charge >= 0.3 is 0 Å². The van der Waals surface area contributed by atoms with Crippen molar-refractivity contribution in [2.24, 2.45) is 5.41 Å². The zero-order valence-corrected chi connectivity index (χ0v) is 12.2. The Hall–Kier alpha value is -2.08. The van der Waals surface area contributed by atoms with Gasteiger partial charge in [-0.15, -0.1) is 0 Å². The number of hydrogen-bond acceptors (Lipinski definition) is 6. The lowest BCUT2D eigenvalue weighted by Gasteiger charge is -2.26. The molecule has 0 amide bonds. The second-order valence-corrected chi connectivity index (χ2v) is 5.83. The average Bonchev–Trinajstić information content (AvgIpc) is 2.76. The molecule has 2 rings (SSSR count). The summed E-state index contributed by atoms with van der Waals surface area (Å²) in [5.41, 5.74) is 13.2. The molecule has 0 bridgehead atoms. The average molecular weight is 276 g/mol. The highest BCUT2D eigenvalue weighted by molar-refractivity contribution is 5.67. The fraction of sp³-hybridized carbons (Fsp3) is 0.429. The molecular weight excluding hydrogens is 256 g/mol. The number of anilines is 2. The number of nitrogen functional groups attached to an aromatic ring is 2. The first kappa shape index (κ1) is 14.3. The lowest BCUT2D eigenvalue weighted by molar-refractivity contribution is 0.00718. The quantitative estimate of drug-likeness (QED) is 0.836. The fourth-order valence-corrected chi connectivity index (χ4v) is 2.10. The van der Waals surface area contributed by atoms with Crippen molar-refractivity contribution in [1.29, 1.82) is 0 Å². The van der Waals surface area contributed by atoms with Crippen LogP contribution in [0, 0.1) is 5.41 Å². The van der Waals surface area contributed by atoms with Gasteiger partial charge in [0.2, 0.25) is 5.82 Å². The van der Waals surface area contributed by atoms with E-state index in [4.69, 9.17) is 20.7 Å². The van der Waals surface area contributed by atoms with E-state index in [0.29, 0.717) is 28.7 Å². The van der Waals surface area contributed by atoms with Crippen molar-refractivity contribution in [3.05, 3.63) is 24.0 Å². The summed E-state index contributed by atoms with van der Waals surface area (Å²) >= 11 is 0. The molecule has 0 aliphatic carbocycles. The third-order valence-corrected chi connectivity index (χ3v) is 2.92. The number of methoxy groups -OCH3 is 1. The van der Waals surface area contributed by atoms with E-state index < -0.39 is 0 Å². The van der Waals surface area contributed by atoms with Gasteiger partial charge in [-0.3, -0.25) is 0 Å². The molecule has 0 spiro atoms. The van der Waals surface area contributed by atoms with E-state index in [2.05, 4.69) is 30.9 Å². The molecule has 0 fully saturated rings. The van der Waals surface area contributed by atoms with E-state index in [1.807, 2.05) is 0 Å². The van der Waals surface area contributed by atoms with Crippen LogP contribution in [-0.2, 0) is 4.74 Å². The Morgan fingerprint density at radius 3 is 2.25 bits per heavy atom. The molecule has 1 aromatic carbocycles. The second kappa shape index (κ2) is 5.13. The van der Waals surface area contributed by atoms with Crippen LogP contribution in [0.5, 0.6) is 0 Å². The highest BCUT2D eigenvalue weighted by Crippen LogP contribution is 2.35. The third-order valence-electron chi connectivity index (χ3n) is 2.92. The fourth-order valence-electron chi connectivity index (χ4n) is 2.10. The van der Waals surface area contributed by atoms with Gasteiger partial charge in [0.1, 0.15) is 6.10 Å². The Morgan fingerprint density at radius 2 is 1.75 bits per heavy atom. The van der Waals surface area contributed by atoms with E-state index in [9.17, 15) is 0 Å². The number of benzene rings is 1. The summed E-state index contributed by atoms with van der Waals surface area (Å²) in [5, 5.41) is 4.00. The molecule has 1 unspecified atom stereocenters. The summed E-state index contributed by atoms with van der Waals surface area (Å²) in [4.78, 5) is 4.39. The number of ether oxygens (including phenoxy) is 1. The predicted molar refractivity (Wildman–Crippen MR) is 77.8 cm³/mol. The van der Waals surface area contributed by atoms with Crippen LogP contribution in [0.25, 0.3) is 11.5 Å². The predicted octanol–water partition coefficient (Wildman–Crippen LogP) is 2.63. The van der Waals surface area contributed by atoms with Gasteiger partial charge in [0.25, 0.3) is 5.89 Å². The maximum Gasteiger partial charge on any atom is 0.258 e. The summed E-state index contributed by atoms with van der Waals surface area (Å²) in [5.74, 6) is 0.890. The van der Waals surface area contributed by atoms with Gasteiger partial charge in [-0.25, -0.2) is 0 Å². The zero-order valence-electron chi connectivity index (χ0n) is 12.2. The highest BCUT2D eigenvalue weighted by atomic mass is 16.5. The zero-order chi connectivity index (χ0) is 14.9. The molecule has 108 valence electrons. The lowest BCUT2D eigenvalue weighted by atomic mass is 9.88. The first-order chi connectivity index (χ1) is 9.31. The van der Waals surface area contributed by atoms with Crippen LogP contribution in [0.3, 0.4) is 0 Å². The Kier molecular flexibility index (Phi) is 3.67. The van der Waals surface area contributed by atoms with Crippen LogP contribution < -0.4 is 11.5 Å². The van der Waals surface area contributed by atoms with Gasteiger partial charge in [0.15, 0.2) is 0 Å². The molecule has 0 aliphatic heterocycles. The molecule has 2 aromatic rings. The monoisotopic (exact) mass is 276 g/mol. The molecule has 0 aliphatic rings. The molecule has 1 atom stereocenters. The summed E-state index contributed by atoms with van der Waals surface area (Å²) in [7, 11) is 1.63. The van der Waals surface area contributed by atoms with Crippen LogP contribution in [0.15, 0.2) is 22.7 Å². The Bertz CT molecular complexity index is 581. The van der Waals surface area contributed by atoms with Crippen molar-refractivity contribution < 1.29 is 9.26 Å². The third kappa shape index (κ3) is 2.91. The van der Waals surface area contributed by atoms with Crippen molar-refractivity contribution in [1.82, 2.24) is 10.1 Å². The Balaban J connectivity index is 2.37. The van der Waals surface area contributed by atoms with Gasteiger partial charge in [0.05, 0.1) is 0 Å². The second-order valence-electron chi connectivity index (χ2n) is 5.83. The van der Waals surface area contributed by atoms with Gasteiger partial charge in [-0.05, 0) is 23.6 Å². The first-order valence-electron chi connectivity index (χ1n) is 6.34. The van der Waals surface area contributed by atoms with E-state index in [0.717, 1.165) is 0 Å². The van der Waals surface area contributed by atoms with Crippen LogP contribution in [0.4, 0.5) is 11.4 Å². The number of nitrogens with zero attached hydrogens (tertiary/aromatic N) is 2. The number of rotatable bonds is 3. The minimum atomic E-state index is -0.251. The van der Waals surface area contributed by atoms with Crippen LogP contribution >= 0.6 is 0 Å². The Labute approximate surface area is 118 Å². The SMILES string of the molecule is COC(c1noc(-c2cc(N)cc(N)c2)n1)C(C)(C)C.